The molecular weight excluding hydrogens is 504 g/mol. The molecule has 1 aliphatic rings. The molecule has 0 atom stereocenters. The summed E-state index contributed by atoms with van der Waals surface area (Å²) in [5.41, 5.74) is 3.51. The summed E-state index contributed by atoms with van der Waals surface area (Å²) in [4.78, 5) is 11.5. The van der Waals surface area contributed by atoms with Crippen molar-refractivity contribution < 1.29 is 9.84 Å². The van der Waals surface area contributed by atoms with E-state index in [0.717, 1.165) is 29.7 Å². The molecule has 1 saturated carbocycles. The Kier molecular flexibility index (Phi) is 7.27. The molecule has 4 aromatic rings. The van der Waals surface area contributed by atoms with Crippen molar-refractivity contribution in [2.75, 3.05) is 23.9 Å². The van der Waals surface area contributed by atoms with Crippen LogP contribution in [-0.4, -0.2) is 44.4 Å². The molecule has 0 spiro atoms. The van der Waals surface area contributed by atoms with Crippen LogP contribution in [0.25, 0.3) is 5.65 Å². The number of hydrogen-bond donors (Lipinski definition) is 2. The minimum Gasteiger partial charge on any atom is -0.497 e. The first-order valence-electron chi connectivity index (χ1n) is 12.2. The van der Waals surface area contributed by atoms with Gasteiger partial charge in [0.1, 0.15) is 11.8 Å². The van der Waals surface area contributed by atoms with Crippen LogP contribution in [-0.2, 0) is 13.0 Å². The molecule has 38 heavy (non-hydrogen) atoms. The summed E-state index contributed by atoms with van der Waals surface area (Å²) >= 11 is 6.56. The number of anilines is 3. The molecule has 0 unspecified atom stereocenters. The average Bonchev–Trinajstić information content (AvgIpc) is 3.70. The first-order valence-corrected chi connectivity index (χ1v) is 12.6. The maximum atomic E-state index is 9.66. The fraction of sp³-hybridized carbons (Fsp3) is 0.296. The van der Waals surface area contributed by atoms with E-state index in [1.807, 2.05) is 24.3 Å². The molecule has 0 saturated heterocycles. The van der Waals surface area contributed by atoms with Crippen LogP contribution in [0.4, 0.5) is 17.5 Å². The van der Waals surface area contributed by atoms with Gasteiger partial charge in [0.15, 0.2) is 17.2 Å². The lowest BCUT2D eigenvalue weighted by Gasteiger charge is -2.24. The van der Waals surface area contributed by atoms with Crippen molar-refractivity contribution in [1.29, 1.82) is 10.5 Å². The molecule has 11 heteroatoms. The zero-order valence-electron chi connectivity index (χ0n) is 20.7. The zero-order valence-corrected chi connectivity index (χ0v) is 21.5. The Labute approximate surface area is 224 Å². The minimum atomic E-state index is 0.0271. The van der Waals surface area contributed by atoms with Crippen LogP contribution in [0.5, 0.6) is 5.75 Å². The highest BCUT2D eigenvalue weighted by Crippen LogP contribution is 2.35. The van der Waals surface area contributed by atoms with Crippen molar-refractivity contribution in [3.05, 3.63) is 70.0 Å². The number of rotatable bonds is 10. The van der Waals surface area contributed by atoms with Crippen molar-refractivity contribution in [2.24, 2.45) is 0 Å². The van der Waals surface area contributed by atoms with E-state index in [0.29, 0.717) is 47.1 Å². The minimum absolute atomic E-state index is 0.0271. The number of nitrogens with one attached hydrogen (secondary N) is 1. The van der Waals surface area contributed by atoms with Crippen LogP contribution in [0.2, 0.25) is 5.02 Å². The predicted octanol–water partition coefficient (Wildman–Crippen LogP) is 4.37. The smallest absolute Gasteiger partial charge is 0.247 e. The van der Waals surface area contributed by atoms with Crippen LogP contribution < -0.4 is 15.0 Å². The third-order valence-corrected chi connectivity index (χ3v) is 6.71. The first-order chi connectivity index (χ1) is 18.5. The lowest BCUT2D eigenvalue weighted by Crippen LogP contribution is -2.27. The molecule has 1 aliphatic carbocycles. The second-order valence-electron chi connectivity index (χ2n) is 9.01. The van der Waals surface area contributed by atoms with E-state index in [4.69, 9.17) is 26.4 Å². The van der Waals surface area contributed by atoms with Crippen molar-refractivity contribution >= 4 is 34.7 Å². The van der Waals surface area contributed by atoms with E-state index in [1.165, 1.54) is 10.7 Å². The van der Waals surface area contributed by atoms with Gasteiger partial charge in [-0.3, -0.25) is 0 Å². The SMILES string of the molecule is COc1ccc(CN(c2nc(Nc3cc(C#N)c(CCCO)cc3Cl)nn3c(C#N)cnc23)C2CC2)cc1. The second-order valence-corrected chi connectivity index (χ2v) is 9.42. The Bertz CT molecular complexity index is 1550. The molecule has 2 heterocycles. The maximum Gasteiger partial charge on any atom is 0.247 e. The maximum absolute atomic E-state index is 9.66. The van der Waals surface area contributed by atoms with E-state index in [1.54, 1.807) is 19.2 Å². The fourth-order valence-corrected chi connectivity index (χ4v) is 4.52. The Hall–Kier alpha value is -4.38. The number of imidazole rings is 1. The van der Waals surface area contributed by atoms with Crippen LogP contribution >= 0.6 is 11.6 Å². The number of nitrogens with zero attached hydrogens (tertiary/aromatic N) is 7. The molecule has 5 rings (SSSR count). The third kappa shape index (κ3) is 5.18. The van der Waals surface area contributed by atoms with Gasteiger partial charge in [0.25, 0.3) is 0 Å². The Morgan fingerprint density at radius 2 is 2.00 bits per heavy atom. The summed E-state index contributed by atoms with van der Waals surface area (Å²) in [6.07, 6.45) is 4.59. The van der Waals surface area contributed by atoms with Gasteiger partial charge in [-0.1, -0.05) is 23.7 Å². The number of aliphatic hydroxyl groups is 1. The summed E-state index contributed by atoms with van der Waals surface area (Å²) in [6.45, 7) is 0.619. The normalized spacial score (nSPS) is 12.7. The van der Waals surface area contributed by atoms with Gasteiger partial charge in [-0.15, -0.1) is 5.10 Å². The number of methoxy groups -OCH3 is 1. The van der Waals surface area contributed by atoms with E-state index in [9.17, 15) is 10.5 Å². The van der Waals surface area contributed by atoms with Gasteiger partial charge in [0, 0.05) is 19.2 Å². The van der Waals surface area contributed by atoms with Crippen LogP contribution in [0, 0.1) is 22.7 Å². The van der Waals surface area contributed by atoms with Crippen LogP contribution in [0.3, 0.4) is 0 Å². The van der Waals surface area contributed by atoms with Gasteiger partial charge in [0.05, 0.1) is 35.6 Å². The lowest BCUT2D eigenvalue weighted by molar-refractivity contribution is 0.288. The number of aryl methyl sites for hydroxylation is 1. The Balaban J connectivity index is 1.55. The van der Waals surface area contributed by atoms with Crippen molar-refractivity contribution in [2.45, 2.75) is 38.3 Å². The molecular formula is C27H25ClN8O2. The number of benzene rings is 2. The molecule has 2 N–H and O–H groups in total. The van der Waals surface area contributed by atoms with Crippen molar-refractivity contribution in [1.82, 2.24) is 19.6 Å². The van der Waals surface area contributed by atoms with Gasteiger partial charge in [-0.25, -0.2) is 4.98 Å². The van der Waals surface area contributed by atoms with E-state index in [2.05, 4.69) is 32.4 Å². The topological polar surface area (TPSA) is 135 Å². The average molecular weight is 529 g/mol. The fourth-order valence-electron chi connectivity index (χ4n) is 4.29. The third-order valence-electron chi connectivity index (χ3n) is 6.39. The van der Waals surface area contributed by atoms with Gasteiger partial charge in [0.2, 0.25) is 5.95 Å². The van der Waals surface area contributed by atoms with Crippen LogP contribution in [0.15, 0.2) is 42.6 Å². The van der Waals surface area contributed by atoms with Gasteiger partial charge in [-0.2, -0.15) is 20.0 Å². The predicted molar refractivity (Wildman–Crippen MR) is 143 cm³/mol. The Morgan fingerprint density at radius 1 is 1.21 bits per heavy atom. The van der Waals surface area contributed by atoms with Crippen molar-refractivity contribution in [3.8, 4) is 17.9 Å². The molecule has 10 nitrogen and oxygen atoms in total. The standard InChI is InChI=1S/C27H25ClN8O2/c1-38-22-8-4-17(5-9-22)16-35(20-6-7-20)26-25-31-15-21(14-30)36(25)34-27(33-26)32-24-12-19(13-29)18(3-2-10-37)11-23(24)28/h4-5,8-9,11-12,15,20,37H,2-3,6-7,10,16H2,1H3,(H,32,34). The van der Waals surface area contributed by atoms with Gasteiger partial charge < -0.3 is 20.1 Å². The number of hydrogen-bond acceptors (Lipinski definition) is 9. The first kappa shape index (κ1) is 25.3. The largest absolute Gasteiger partial charge is 0.497 e. The monoisotopic (exact) mass is 528 g/mol. The Morgan fingerprint density at radius 3 is 2.66 bits per heavy atom. The second kappa shape index (κ2) is 10.9. The molecule has 1 fully saturated rings. The number of aromatic nitrogens is 4. The van der Waals surface area contributed by atoms with Crippen molar-refractivity contribution in [3.63, 3.8) is 0 Å². The molecule has 0 amide bonds. The number of fused-ring (bicyclic) bond motifs is 1. The number of ether oxygens (including phenoxy) is 1. The van der Waals surface area contributed by atoms with E-state index in [-0.39, 0.29) is 24.3 Å². The highest BCUT2D eigenvalue weighted by molar-refractivity contribution is 6.33. The van der Waals surface area contributed by atoms with E-state index < -0.39 is 0 Å². The molecule has 2 aromatic carbocycles. The summed E-state index contributed by atoms with van der Waals surface area (Å²) in [5.74, 6) is 1.60. The molecule has 0 aliphatic heterocycles. The molecule has 0 radical (unpaired) electrons. The number of halogens is 1. The highest BCUT2D eigenvalue weighted by Gasteiger charge is 2.33. The van der Waals surface area contributed by atoms with Gasteiger partial charge in [-0.05, 0) is 61.1 Å². The van der Waals surface area contributed by atoms with Gasteiger partial charge >= 0.3 is 0 Å². The quantitative estimate of drug-likeness (QED) is 0.307. The lowest BCUT2D eigenvalue weighted by atomic mass is 10.0. The molecule has 192 valence electrons. The zero-order chi connectivity index (χ0) is 26.6. The van der Waals surface area contributed by atoms with Crippen LogP contribution in [0.1, 0.15) is 41.6 Å². The van der Waals surface area contributed by atoms with E-state index >= 15 is 0 Å². The summed E-state index contributed by atoms with van der Waals surface area (Å²) in [6, 6.07) is 15.8. The molecule has 0 bridgehead atoms. The summed E-state index contributed by atoms with van der Waals surface area (Å²) in [5, 5.41) is 36.5. The highest BCUT2D eigenvalue weighted by atomic mass is 35.5. The summed E-state index contributed by atoms with van der Waals surface area (Å²) < 4.78 is 6.76. The number of nitriles is 2. The molecule has 2 aromatic heterocycles. The number of aliphatic hydroxyl groups excluding tert-OH is 1. The summed E-state index contributed by atoms with van der Waals surface area (Å²) in [7, 11) is 1.64.